The zero-order chi connectivity index (χ0) is 18.0. The summed E-state index contributed by atoms with van der Waals surface area (Å²) in [5.41, 5.74) is 1.52. The van der Waals surface area contributed by atoms with Crippen LogP contribution in [0.25, 0.3) is 0 Å². The predicted molar refractivity (Wildman–Crippen MR) is 101 cm³/mol. The molecule has 2 fully saturated rings. The summed E-state index contributed by atoms with van der Waals surface area (Å²) in [6.45, 7) is 7.89. The van der Waals surface area contributed by atoms with Crippen molar-refractivity contribution >= 4 is 0 Å². The minimum absolute atomic E-state index is 0.324. The molecule has 2 aromatic rings. The number of piperidine rings is 1. The molecule has 26 heavy (non-hydrogen) atoms. The first-order valence-electron chi connectivity index (χ1n) is 9.58. The van der Waals surface area contributed by atoms with E-state index in [4.69, 9.17) is 9.15 Å². The third-order valence-electron chi connectivity index (χ3n) is 5.93. The van der Waals surface area contributed by atoms with Crippen LogP contribution in [0.5, 0.6) is 0 Å². The average molecular weight is 355 g/mol. The van der Waals surface area contributed by atoms with Gasteiger partial charge in [-0.25, -0.2) is 0 Å². The van der Waals surface area contributed by atoms with Crippen LogP contribution in [0.2, 0.25) is 0 Å². The number of furan rings is 1. The van der Waals surface area contributed by atoms with Gasteiger partial charge in [0, 0.05) is 37.6 Å². The highest BCUT2D eigenvalue weighted by atomic mass is 16.5. The maximum atomic E-state index is 6.01. The van der Waals surface area contributed by atoms with Gasteiger partial charge in [0.15, 0.2) is 0 Å². The molecule has 0 amide bonds. The molecular formula is C21H29N3O2. The first-order chi connectivity index (χ1) is 12.6. The lowest BCUT2D eigenvalue weighted by atomic mass is 9.75. The lowest BCUT2D eigenvalue weighted by Crippen LogP contribution is -2.71. The molecule has 2 aromatic heterocycles. The summed E-state index contributed by atoms with van der Waals surface area (Å²) < 4.78 is 11.7. The number of aromatic nitrogens is 1. The Morgan fingerprint density at radius 3 is 2.77 bits per heavy atom. The van der Waals surface area contributed by atoms with E-state index in [1.165, 1.54) is 18.4 Å². The van der Waals surface area contributed by atoms with Crippen molar-refractivity contribution in [3.05, 3.63) is 53.7 Å². The fraction of sp³-hybridized carbons (Fsp3) is 0.571. The Hall–Kier alpha value is -1.69. The molecular weight excluding hydrogens is 326 g/mol. The van der Waals surface area contributed by atoms with Crippen LogP contribution in [0, 0.1) is 12.8 Å². The van der Waals surface area contributed by atoms with Crippen molar-refractivity contribution < 1.29 is 9.15 Å². The highest BCUT2D eigenvalue weighted by molar-refractivity contribution is 5.11. The van der Waals surface area contributed by atoms with Crippen molar-refractivity contribution in [3.63, 3.8) is 0 Å². The van der Waals surface area contributed by atoms with Gasteiger partial charge >= 0.3 is 0 Å². The van der Waals surface area contributed by atoms with Crippen molar-refractivity contribution in [2.24, 2.45) is 5.92 Å². The normalized spacial score (nSPS) is 23.2. The molecule has 0 N–H and O–H groups in total. The van der Waals surface area contributed by atoms with Gasteiger partial charge in [-0.3, -0.25) is 14.8 Å². The predicted octanol–water partition coefficient (Wildman–Crippen LogP) is 3.10. The number of likely N-dealkylation sites (tertiary alicyclic amines) is 2. The van der Waals surface area contributed by atoms with Crippen LogP contribution in [-0.2, 0) is 17.9 Å². The molecule has 5 nitrogen and oxygen atoms in total. The SMILES string of the molecule is Cc1ccc(CN2CC3(C[C@H](COCc4ccncc4)CCN3C)C2)o1. The molecule has 2 aliphatic heterocycles. The standard InChI is InChI=1S/C21H29N3O2/c1-17-3-4-20(26-17)12-24-15-21(16-24)11-19(7-10-23(21)2)14-25-13-18-5-8-22-9-6-18/h3-6,8-9,19H,7,10-16H2,1-2H3/t19-/m1/s1. The molecule has 0 unspecified atom stereocenters. The Morgan fingerprint density at radius 2 is 2.04 bits per heavy atom. The summed E-state index contributed by atoms with van der Waals surface area (Å²) in [5, 5.41) is 0. The Kier molecular flexibility index (Phi) is 5.11. The second-order valence-corrected chi connectivity index (χ2v) is 8.03. The largest absolute Gasteiger partial charge is 0.465 e. The quantitative estimate of drug-likeness (QED) is 0.796. The fourth-order valence-corrected chi connectivity index (χ4v) is 4.43. The first kappa shape index (κ1) is 17.7. The Morgan fingerprint density at radius 1 is 1.23 bits per heavy atom. The summed E-state index contributed by atoms with van der Waals surface area (Å²) >= 11 is 0. The van der Waals surface area contributed by atoms with E-state index < -0.39 is 0 Å². The van der Waals surface area contributed by atoms with Gasteiger partial charge in [0.2, 0.25) is 0 Å². The third-order valence-corrected chi connectivity index (χ3v) is 5.93. The van der Waals surface area contributed by atoms with Gasteiger partial charge in [-0.2, -0.15) is 0 Å². The lowest BCUT2D eigenvalue weighted by Gasteiger charge is -2.58. The van der Waals surface area contributed by atoms with Crippen LogP contribution >= 0.6 is 0 Å². The number of nitrogens with zero attached hydrogens (tertiary/aromatic N) is 3. The average Bonchev–Trinajstić information content (AvgIpc) is 3.02. The van der Waals surface area contributed by atoms with E-state index in [9.17, 15) is 0 Å². The van der Waals surface area contributed by atoms with Crippen LogP contribution in [0.1, 0.15) is 29.9 Å². The summed E-state index contributed by atoms with van der Waals surface area (Å²) in [6, 6.07) is 8.20. The molecule has 0 bridgehead atoms. The van der Waals surface area contributed by atoms with Crippen LogP contribution < -0.4 is 0 Å². The molecule has 0 radical (unpaired) electrons. The maximum absolute atomic E-state index is 6.01. The molecule has 140 valence electrons. The molecule has 2 aliphatic rings. The molecule has 2 saturated heterocycles. The highest BCUT2D eigenvalue weighted by Gasteiger charge is 2.49. The zero-order valence-electron chi connectivity index (χ0n) is 15.9. The molecule has 0 saturated carbocycles. The summed E-state index contributed by atoms with van der Waals surface area (Å²) in [4.78, 5) is 9.12. The maximum Gasteiger partial charge on any atom is 0.118 e. The number of hydrogen-bond donors (Lipinski definition) is 0. The van der Waals surface area contributed by atoms with Gasteiger partial charge < -0.3 is 9.15 Å². The monoisotopic (exact) mass is 355 g/mol. The topological polar surface area (TPSA) is 41.7 Å². The van der Waals surface area contributed by atoms with Crippen molar-refractivity contribution in [2.75, 3.05) is 33.3 Å². The second kappa shape index (κ2) is 7.51. The van der Waals surface area contributed by atoms with Crippen LogP contribution in [0.4, 0.5) is 0 Å². The molecule has 0 aromatic carbocycles. The summed E-state index contributed by atoms with van der Waals surface area (Å²) in [7, 11) is 2.28. The zero-order valence-corrected chi connectivity index (χ0v) is 15.9. The number of ether oxygens (including phenoxy) is 1. The summed E-state index contributed by atoms with van der Waals surface area (Å²) in [5.74, 6) is 2.73. The van der Waals surface area contributed by atoms with Crippen LogP contribution in [-0.4, -0.2) is 53.6 Å². The van der Waals surface area contributed by atoms with Gasteiger partial charge in [-0.1, -0.05) is 0 Å². The molecule has 4 rings (SSSR count). The van der Waals surface area contributed by atoms with Crippen LogP contribution in [0.15, 0.2) is 41.1 Å². The fourth-order valence-electron chi connectivity index (χ4n) is 4.43. The van der Waals surface area contributed by atoms with Gasteiger partial charge in [-0.15, -0.1) is 0 Å². The smallest absolute Gasteiger partial charge is 0.118 e. The molecule has 1 spiro atoms. The minimum Gasteiger partial charge on any atom is -0.465 e. The highest BCUT2D eigenvalue weighted by Crippen LogP contribution is 2.39. The minimum atomic E-state index is 0.324. The second-order valence-electron chi connectivity index (χ2n) is 8.03. The van der Waals surface area contributed by atoms with E-state index in [0.717, 1.165) is 44.3 Å². The van der Waals surface area contributed by atoms with Crippen molar-refractivity contribution in [2.45, 2.75) is 38.5 Å². The van der Waals surface area contributed by atoms with Crippen molar-refractivity contribution in [1.29, 1.82) is 0 Å². The Bertz CT molecular complexity index is 709. The molecule has 1 atom stereocenters. The van der Waals surface area contributed by atoms with Crippen molar-refractivity contribution in [3.8, 4) is 0 Å². The number of rotatable bonds is 6. The van der Waals surface area contributed by atoms with E-state index in [0.29, 0.717) is 18.1 Å². The van der Waals surface area contributed by atoms with Gasteiger partial charge in [0.25, 0.3) is 0 Å². The number of hydrogen-bond acceptors (Lipinski definition) is 5. The van der Waals surface area contributed by atoms with Gasteiger partial charge in [0.1, 0.15) is 11.5 Å². The van der Waals surface area contributed by atoms with E-state index in [2.05, 4.69) is 27.9 Å². The Labute approximate surface area is 156 Å². The first-order valence-corrected chi connectivity index (χ1v) is 9.58. The van der Waals surface area contributed by atoms with E-state index in [1.807, 2.05) is 37.5 Å². The number of likely N-dealkylation sites (N-methyl/N-ethyl adjacent to an activating group) is 1. The summed E-state index contributed by atoms with van der Waals surface area (Å²) in [6.07, 6.45) is 6.11. The third kappa shape index (κ3) is 3.85. The van der Waals surface area contributed by atoms with E-state index in [-0.39, 0.29) is 0 Å². The molecule has 4 heterocycles. The van der Waals surface area contributed by atoms with Gasteiger partial charge in [0.05, 0.1) is 13.2 Å². The van der Waals surface area contributed by atoms with Crippen LogP contribution in [0.3, 0.4) is 0 Å². The number of aryl methyl sites for hydroxylation is 1. The Balaban J connectivity index is 1.26. The molecule has 5 heteroatoms. The number of pyridine rings is 1. The van der Waals surface area contributed by atoms with E-state index >= 15 is 0 Å². The molecule has 0 aliphatic carbocycles. The van der Waals surface area contributed by atoms with Gasteiger partial charge in [-0.05, 0) is 69.1 Å². The van der Waals surface area contributed by atoms with E-state index in [1.54, 1.807) is 0 Å². The lowest BCUT2D eigenvalue weighted by molar-refractivity contribution is -0.0952. The van der Waals surface area contributed by atoms with Crippen molar-refractivity contribution in [1.82, 2.24) is 14.8 Å².